The maximum atomic E-state index is 13.0. The molecule has 0 aliphatic heterocycles. The van der Waals surface area contributed by atoms with E-state index in [0.29, 0.717) is 11.3 Å². The Kier molecular flexibility index (Phi) is 7.69. The highest BCUT2D eigenvalue weighted by Crippen LogP contribution is 2.22. The van der Waals surface area contributed by atoms with Crippen molar-refractivity contribution in [1.82, 2.24) is 5.32 Å². The quantitative estimate of drug-likeness (QED) is 0.336. The third kappa shape index (κ3) is 6.65. The minimum Gasteiger partial charge on any atom is -0.321 e. The van der Waals surface area contributed by atoms with E-state index < -0.39 is 5.91 Å². The van der Waals surface area contributed by atoms with Gasteiger partial charge in [-0.1, -0.05) is 83.0 Å². The molecular formula is C26H24Br2N2O2. The van der Waals surface area contributed by atoms with Crippen molar-refractivity contribution in [1.29, 1.82) is 0 Å². The number of carbonyl (C=O) groups excluding carboxylic acids is 2. The average molecular weight is 556 g/mol. The standard InChI is InChI=1S/C26H24Br2N2O2/c1-26(2,3)19-11-9-18(10-12-19)24(31)30-23(15-17-7-13-20(27)14-8-17)25(32)29-22-6-4-5-21(28)16-22/h4-16H,1-3H3,(H,29,32)(H,30,31)/b23-15+. The Labute approximate surface area is 205 Å². The lowest BCUT2D eigenvalue weighted by atomic mass is 9.87. The molecule has 0 radical (unpaired) electrons. The summed E-state index contributed by atoms with van der Waals surface area (Å²) < 4.78 is 1.77. The fourth-order valence-corrected chi connectivity index (χ4v) is 3.63. The Hall–Kier alpha value is -2.70. The molecule has 0 aliphatic carbocycles. The Morgan fingerprint density at radius 1 is 0.844 bits per heavy atom. The van der Waals surface area contributed by atoms with Gasteiger partial charge in [0.15, 0.2) is 0 Å². The van der Waals surface area contributed by atoms with Crippen LogP contribution in [0.15, 0.2) is 87.4 Å². The maximum absolute atomic E-state index is 13.0. The molecule has 0 atom stereocenters. The van der Waals surface area contributed by atoms with Crippen LogP contribution in [-0.2, 0) is 10.2 Å². The van der Waals surface area contributed by atoms with Gasteiger partial charge in [-0.25, -0.2) is 0 Å². The number of benzene rings is 3. The monoisotopic (exact) mass is 554 g/mol. The highest BCUT2D eigenvalue weighted by molar-refractivity contribution is 9.10. The molecule has 2 N–H and O–H groups in total. The van der Waals surface area contributed by atoms with Gasteiger partial charge in [-0.3, -0.25) is 9.59 Å². The number of amides is 2. The second-order valence-electron chi connectivity index (χ2n) is 8.36. The fourth-order valence-electron chi connectivity index (χ4n) is 2.96. The molecule has 32 heavy (non-hydrogen) atoms. The van der Waals surface area contributed by atoms with Crippen molar-refractivity contribution >= 4 is 55.4 Å². The van der Waals surface area contributed by atoms with Crippen molar-refractivity contribution < 1.29 is 9.59 Å². The molecular weight excluding hydrogens is 532 g/mol. The molecule has 0 saturated heterocycles. The van der Waals surface area contributed by atoms with E-state index in [4.69, 9.17) is 0 Å². The van der Waals surface area contributed by atoms with Crippen molar-refractivity contribution in [3.05, 3.63) is 104 Å². The molecule has 0 heterocycles. The number of nitrogens with one attached hydrogen (secondary N) is 2. The van der Waals surface area contributed by atoms with Crippen LogP contribution in [0.3, 0.4) is 0 Å². The van der Waals surface area contributed by atoms with Gasteiger partial charge in [0.2, 0.25) is 0 Å². The first-order chi connectivity index (χ1) is 15.1. The Bertz CT molecular complexity index is 1150. The van der Waals surface area contributed by atoms with Gasteiger partial charge in [-0.2, -0.15) is 0 Å². The lowest BCUT2D eigenvalue weighted by molar-refractivity contribution is -0.113. The summed E-state index contributed by atoms with van der Waals surface area (Å²) in [6.45, 7) is 6.36. The molecule has 0 unspecified atom stereocenters. The van der Waals surface area contributed by atoms with Crippen LogP contribution in [-0.4, -0.2) is 11.8 Å². The average Bonchev–Trinajstić information content (AvgIpc) is 2.74. The first kappa shape index (κ1) is 24.0. The summed E-state index contributed by atoms with van der Waals surface area (Å²) in [7, 11) is 0. The fraction of sp³-hybridized carbons (Fsp3) is 0.154. The second kappa shape index (κ2) is 10.3. The first-order valence-electron chi connectivity index (χ1n) is 10.1. The Morgan fingerprint density at radius 2 is 1.50 bits per heavy atom. The molecule has 0 spiro atoms. The van der Waals surface area contributed by atoms with E-state index in [1.165, 1.54) is 0 Å². The summed E-state index contributed by atoms with van der Waals surface area (Å²) in [6.07, 6.45) is 1.65. The van der Waals surface area contributed by atoms with E-state index in [1.54, 1.807) is 30.3 Å². The zero-order chi connectivity index (χ0) is 23.3. The molecule has 164 valence electrons. The number of carbonyl (C=O) groups is 2. The van der Waals surface area contributed by atoms with E-state index in [1.807, 2.05) is 48.5 Å². The van der Waals surface area contributed by atoms with Crippen LogP contribution in [0.5, 0.6) is 0 Å². The van der Waals surface area contributed by atoms with Crippen LogP contribution in [0, 0.1) is 0 Å². The molecule has 6 heteroatoms. The first-order valence-corrected chi connectivity index (χ1v) is 11.7. The van der Waals surface area contributed by atoms with Crippen LogP contribution < -0.4 is 10.6 Å². The van der Waals surface area contributed by atoms with Gasteiger partial charge in [0, 0.05) is 20.2 Å². The summed E-state index contributed by atoms with van der Waals surface area (Å²) in [5, 5.41) is 5.62. The van der Waals surface area contributed by atoms with E-state index in [-0.39, 0.29) is 17.0 Å². The SMILES string of the molecule is CC(C)(C)c1ccc(C(=O)N/C(=C/c2ccc(Br)cc2)C(=O)Nc2cccc(Br)c2)cc1. The van der Waals surface area contributed by atoms with Crippen LogP contribution in [0.4, 0.5) is 5.69 Å². The van der Waals surface area contributed by atoms with E-state index >= 15 is 0 Å². The summed E-state index contributed by atoms with van der Waals surface area (Å²) in [4.78, 5) is 26.0. The highest BCUT2D eigenvalue weighted by Gasteiger charge is 2.17. The Balaban J connectivity index is 1.87. The van der Waals surface area contributed by atoms with Crippen molar-refractivity contribution in [2.24, 2.45) is 0 Å². The number of hydrogen-bond acceptors (Lipinski definition) is 2. The van der Waals surface area contributed by atoms with Gasteiger partial charge in [0.05, 0.1) is 0 Å². The summed E-state index contributed by atoms with van der Waals surface area (Å²) in [6, 6.07) is 22.2. The van der Waals surface area contributed by atoms with Gasteiger partial charge >= 0.3 is 0 Å². The van der Waals surface area contributed by atoms with Crippen molar-refractivity contribution in [3.8, 4) is 0 Å². The topological polar surface area (TPSA) is 58.2 Å². The Morgan fingerprint density at radius 3 is 2.09 bits per heavy atom. The number of anilines is 1. The minimum atomic E-state index is -0.411. The van der Waals surface area contributed by atoms with Crippen LogP contribution >= 0.6 is 31.9 Å². The van der Waals surface area contributed by atoms with Crippen molar-refractivity contribution in [2.45, 2.75) is 26.2 Å². The predicted octanol–water partition coefficient (Wildman–Crippen LogP) is 6.92. The van der Waals surface area contributed by atoms with Gasteiger partial charge in [-0.05, 0) is 65.1 Å². The smallest absolute Gasteiger partial charge is 0.272 e. The zero-order valence-corrected chi connectivity index (χ0v) is 21.2. The van der Waals surface area contributed by atoms with Gasteiger partial charge in [0.1, 0.15) is 5.70 Å². The second-order valence-corrected chi connectivity index (χ2v) is 10.2. The molecule has 3 aromatic rings. The van der Waals surface area contributed by atoms with Crippen molar-refractivity contribution in [2.75, 3.05) is 5.32 Å². The van der Waals surface area contributed by atoms with Crippen molar-refractivity contribution in [3.63, 3.8) is 0 Å². The molecule has 3 aromatic carbocycles. The molecule has 0 fully saturated rings. The molecule has 0 bridgehead atoms. The normalized spacial score (nSPS) is 11.7. The van der Waals surface area contributed by atoms with Gasteiger partial charge < -0.3 is 10.6 Å². The summed E-state index contributed by atoms with van der Waals surface area (Å²) in [5.41, 5.74) is 3.16. The van der Waals surface area contributed by atoms with Gasteiger partial charge in [-0.15, -0.1) is 0 Å². The number of rotatable bonds is 5. The van der Waals surface area contributed by atoms with Crippen LogP contribution in [0.1, 0.15) is 42.3 Å². The zero-order valence-electron chi connectivity index (χ0n) is 18.1. The van der Waals surface area contributed by atoms with Crippen LogP contribution in [0.2, 0.25) is 0 Å². The molecule has 4 nitrogen and oxygen atoms in total. The molecule has 0 saturated carbocycles. The maximum Gasteiger partial charge on any atom is 0.272 e. The van der Waals surface area contributed by atoms with E-state index in [2.05, 4.69) is 63.3 Å². The number of halogens is 2. The van der Waals surface area contributed by atoms with Crippen LogP contribution in [0.25, 0.3) is 6.08 Å². The van der Waals surface area contributed by atoms with E-state index in [9.17, 15) is 9.59 Å². The third-order valence-corrected chi connectivity index (χ3v) is 5.79. The van der Waals surface area contributed by atoms with Gasteiger partial charge in [0.25, 0.3) is 11.8 Å². The molecule has 0 aliphatic rings. The predicted molar refractivity (Wildman–Crippen MR) is 137 cm³/mol. The van der Waals surface area contributed by atoms with E-state index in [0.717, 1.165) is 20.1 Å². The molecule has 2 amide bonds. The molecule has 3 rings (SSSR count). The third-order valence-electron chi connectivity index (χ3n) is 4.77. The lowest BCUT2D eigenvalue weighted by Gasteiger charge is -2.19. The molecule has 0 aromatic heterocycles. The number of hydrogen-bond donors (Lipinski definition) is 2. The summed E-state index contributed by atoms with van der Waals surface area (Å²) in [5.74, 6) is -0.760. The largest absolute Gasteiger partial charge is 0.321 e. The minimum absolute atomic E-state index is 0.00844. The lowest BCUT2D eigenvalue weighted by Crippen LogP contribution is -2.30. The highest BCUT2D eigenvalue weighted by atomic mass is 79.9. The summed E-state index contributed by atoms with van der Waals surface area (Å²) >= 11 is 6.81.